The highest BCUT2D eigenvalue weighted by Crippen LogP contribution is 2.35. The molecular formula is C19H28ClN5OS. The molecule has 2 aromatic rings. The van der Waals surface area contributed by atoms with Gasteiger partial charge >= 0.3 is 0 Å². The largest absolute Gasteiger partial charge is 0.356 e. The third kappa shape index (κ3) is 3.77. The number of hydrogen-bond acceptors (Lipinski definition) is 6. The van der Waals surface area contributed by atoms with Crippen molar-refractivity contribution in [3.63, 3.8) is 0 Å². The number of aromatic nitrogens is 2. The van der Waals surface area contributed by atoms with E-state index in [9.17, 15) is 4.79 Å². The standard InChI is InChI=1S/C19H27N5OS.ClH/c1-12-10-20-6-9-24(12)19(25)15-4-7-23(8-5-15)17-16-13(2)14(3)26-18(16)22-11-21-17;/h11-12,15,20H,4-10H2,1-3H3;1H. The molecule has 1 N–H and O–H groups in total. The highest BCUT2D eigenvalue weighted by Gasteiger charge is 2.32. The molecule has 1 unspecified atom stereocenters. The number of hydrogen-bond donors (Lipinski definition) is 1. The quantitative estimate of drug-likeness (QED) is 0.826. The Bertz CT molecular complexity index is 818. The fraction of sp³-hybridized carbons (Fsp3) is 0.632. The molecule has 2 aliphatic rings. The predicted octanol–water partition coefficient (Wildman–Crippen LogP) is 2.77. The van der Waals surface area contributed by atoms with Crippen molar-refractivity contribution in [2.45, 2.75) is 39.7 Å². The number of anilines is 1. The molecule has 0 aromatic carbocycles. The minimum Gasteiger partial charge on any atom is -0.356 e. The van der Waals surface area contributed by atoms with E-state index in [4.69, 9.17) is 0 Å². The smallest absolute Gasteiger partial charge is 0.226 e. The van der Waals surface area contributed by atoms with Crippen molar-refractivity contribution in [3.05, 3.63) is 16.8 Å². The molecule has 0 saturated carbocycles. The number of piperidine rings is 1. The number of rotatable bonds is 2. The first-order valence-electron chi connectivity index (χ1n) is 9.53. The Morgan fingerprint density at radius 3 is 2.67 bits per heavy atom. The molecule has 0 spiro atoms. The first kappa shape index (κ1) is 20.3. The number of aryl methyl sites for hydroxylation is 2. The second kappa shape index (κ2) is 8.29. The second-order valence-corrected chi connectivity index (χ2v) is 8.71. The molecule has 2 fully saturated rings. The van der Waals surface area contributed by atoms with Gasteiger partial charge in [-0.1, -0.05) is 0 Å². The predicted molar refractivity (Wildman–Crippen MR) is 113 cm³/mol. The fourth-order valence-corrected chi connectivity index (χ4v) is 5.14. The van der Waals surface area contributed by atoms with Crippen molar-refractivity contribution >= 4 is 45.7 Å². The summed E-state index contributed by atoms with van der Waals surface area (Å²) in [4.78, 5) is 28.8. The zero-order valence-corrected chi connectivity index (χ0v) is 17.8. The van der Waals surface area contributed by atoms with E-state index in [2.05, 4.69) is 45.9 Å². The maximum absolute atomic E-state index is 12.9. The molecule has 4 rings (SSSR count). The number of nitrogens with zero attached hydrogens (tertiary/aromatic N) is 4. The van der Waals surface area contributed by atoms with Crippen LogP contribution < -0.4 is 10.2 Å². The third-order valence-corrected chi connectivity index (χ3v) is 6.99. The zero-order valence-electron chi connectivity index (χ0n) is 16.2. The van der Waals surface area contributed by atoms with E-state index in [0.717, 1.165) is 56.2 Å². The minimum atomic E-state index is 0. The van der Waals surface area contributed by atoms with Crippen molar-refractivity contribution in [1.29, 1.82) is 0 Å². The topological polar surface area (TPSA) is 61.4 Å². The Kier molecular flexibility index (Phi) is 6.23. The van der Waals surface area contributed by atoms with Crippen molar-refractivity contribution in [2.24, 2.45) is 5.92 Å². The number of nitrogens with one attached hydrogen (secondary N) is 1. The summed E-state index contributed by atoms with van der Waals surface area (Å²) in [5.41, 5.74) is 1.29. The fourth-order valence-electron chi connectivity index (χ4n) is 4.14. The molecule has 4 heterocycles. The molecule has 0 radical (unpaired) electrons. The summed E-state index contributed by atoms with van der Waals surface area (Å²) in [5, 5.41) is 4.55. The van der Waals surface area contributed by atoms with Gasteiger partial charge in [0.2, 0.25) is 5.91 Å². The summed E-state index contributed by atoms with van der Waals surface area (Å²) in [6, 6.07) is 0.298. The zero-order chi connectivity index (χ0) is 18.3. The van der Waals surface area contributed by atoms with Gasteiger partial charge in [-0.2, -0.15) is 0 Å². The van der Waals surface area contributed by atoms with Gasteiger partial charge in [-0.25, -0.2) is 9.97 Å². The van der Waals surface area contributed by atoms with E-state index in [1.807, 2.05) is 0 Å². The number of amides is 1. The summed E-state index contributed by atoms with van der Waals surface area (Å²) >= 11 is 1.74. The Hall–Kier alpha value is -1.44. The van der Waals surface area contributed by atoms with Crippen LogP contribution in [0.5, 0.6) is 0 Å². The van der Waals surface area contributed by atoms with Gasteiger partial charge in [-0.05, 0) is 39.2 Å². The molecule has 2 aliphatic heterocycles. The molecule has 1 amide bonds. The SMILES string of the molecule is Cc1sc2ncnc(N3CCC(C(=O)N4CCNCC4C)CC3)c2c1C.Cl. The molecular weight excluding hydrogens is 382 g/mol. The molecule has 0 bridgehead atoms. The van der Waals surface area contributed by atoms with Crippen molar-refractivity contribution < 1.29 is 4.79 Å². The van der Waals surface area contributed by atoms with Crippen LogP contribution in [0.15, 0.2) is 6.33 Å². The molecule has 27 heavy (non-hydrogen) atoms. The van der Waals surface area contributed by atoms with Gasteiger partial charge in [-0.15, -0.1) is 23.7 Å². The van der Waals surface area contributed by atoms with Gasteiger partial charge in [0.25, 0.3) is 0 Å². The highest BCUT2D eigenvalue weighted by atomic mass is 35.5. The van der Waals surface area contributed by atoms with Crippen LogP contribution in [-0.4, -0.2) is 59.5 Å². The van der Waals surface area contributed by atoms with Crippen LogP contribution in [-0.2, 0) is 4.79 Å². The Balaban J connectivity index is 0.00000210. The number of carbonyl (C=O) groups excluding carboxylic acids is 1. The van der Waals surface area contributed by atoms with Gasteiger partial charge in [0.1, 0.15) is 17.0 Å². The van der Waals surface area contributed by atoms with Crippen LogP contribution in [0.2, 0.25) is 0 Å². The molecule has 2 saturated heterocycles. The van der Waals surface area contributed by atoms with Crippen LogP contribution in [0.1, 0.15) is 30.2 Å². The van der Waals surface area contributed by atoms with E-state index >= 15 is 0 Å². The second-order valence-electron chi connectivity index (χ2n) is 7.51. The van der Waals surface area contributed by atoms with Crippen molar-refractivity contribution in [3.8, 4) is 0 Å². The molecule has 148 valence electrons. The first-order valence-corrected chi connectivity index (χ1v) is 10.3. The van der Waals surface area contributed by atoms with Crippen LogP contribution in [0.4, 0.5) is 5.82 Å². The van der Waals surface area contributed by atoms with Gasteiger partial charge < -0.3 is 15.1 Å². The van der Waals surface area contributed by atoms with Crippen LogP contribution in [0.3, 0.4) is 0 Å². The lowest BCUT2D eigenvalue weighted by atomic mass is 9.94. The number of carbonyl (C=O) groups is 1. The van der Waals surface area contributed by atoms with Crippen molar-refractivity contribution in [2.75, 3.05) is 37.6 Å². The Morgan fingerprint density at radius 2 is 1.96 bits per heavy atom. The van der Waals surface area contributed by atoms with Crippen LogP contribution in [0, 0.1) is 19.8 Å². The van der Waals surface area contributed by atoms with Gasteiger partial charge in [0, 0.05) is 49.6 Å². The molecule has 8 heteroatoms. The summed E-state index contributed by atoms with van der Waals surface area (Å²) in [7, 11) is 0. The van der Waals surface area contributed by atoms with Crippen LogP contribution >= 0.6 is 23.7 Å². The van der Waals surface area contributed by atoms with Crippen molar-refractivity contribution in [1.82, 2.24) is 20.2 Å². The van der Waals surface area contributed by atoms with Gasteiger partial charge in [0.05, 0.1) is 5.39 Å². The van der Waals surface area contributed by atoms with E-state index in [-0.39, 0.29) is 18.3 Å². The minimum absolute atomic E-state index is 0. The molecule has 0 aliphatic carbocycles. The maximum atomic E-state index is 12.9. The summed E-state index contributed by atoms with van der Waals surface area (Å²) in [5.74, 6) is 1.53. The number of thiophene rings is 1. The number of halogens is 1. The summed E-state index contributed by atoms with van der Waals surface area (Å²) in [6.45, 7) is 10.9. The Labute approximate surface area is 170 Å². The van der Waals surface area contributed by atoms with Crippen LogP contribution in [0.25, 0.3) is 10.2 Å². The molecule has 2 aromatic heterocycles. The molecule has 6 nitrogen and oxygen atoms in total. The average Bonchev–Trinajstić information content (AvgIpc) is 2.96. The lowest BCUT2D eigenvalue weighted by molar-refractivity contribution is -0.139. The average molecular weight is 410 g/mol. The third-order valence-electron chi connectivity index (χ3n) is 5.87. The molecule has 1 atom stereocenters. The summed E-state index contributed by atoms with van der Waals surface area (Å²) < 4.78 is 0. The first-order chi connectivity index (χ1) is 12.6. The Morgan fingerprint density at radius 1 is 1.22 bits per heavy atom. The van der Waals surface area contributed by atoms with Gasteiger partial charge in [-0.3, -0.25) is 4.79 Å². The number of fused-ring (bicyclic) bond motifs is 1. The lowest BCUT2D eigenvalue weighted by Gasteiger charge is -2.39. The maximum Gasteiger partial charge on any atom is 0.226 e. The highest BCUT2D eigenvalue weighted by molar-refractivity contribution is 7.18. The lowest BCUT2D eigenvalue weighted by Crippen LogP contribution is -2.54. The van der Waals surface area contributed by atoms with E-state index in [0.29, 0.717) is 11.9 Å². The van der Waals surface area contributed by atoms with E-state index in [1.54, 1.807) is 17.7 Å². The normalized spacial score (nSPS) is 21.4. The van der Waals surface area contributed by atoms with Gasteiger partial charge in [0.15, 0.2) is 0 Å². The summed E-state index contributed by atoms with van der Waals surface area (Å²) in [6.07, 6.45) is 3.49. The van der Waals surface area contributed by atoms with E-state index < -0.39 is 0 Å². The number of piperazine rings is 1. The van der Waals surface area contributed by atoms with E-state index in [1.165, 1.54) is 15.8 Å². The monoisotopic (exact) mass is 409 g/mol.